The van der Waals surface area contributed by atoms with Crippen LogP contribution in [0.1, 0.15) is 33.6 Å². The van der Waals surface area contributed by atoms with Gasteiger partial charge >= 0.3 is 0 Å². The summed E-state index contributed by atoms with van der Waals surface area (Å²) < 4.78 is 5.97. The fourth-order valence-corrected chi connectivity index (χ4v) is 1.75. The molecule has 0 radical (unpaired) electrons. The molecular weight excluding hydrogens is 210 g/mol. The van der Waals surface area contributed by atoms with Gasteiger partial charge in [0.2, 0.25) is 0 Å². The van der Waals surface area contributed by atoms with Crippen molar-refractivity contribution in [3.05, 3.63) is 30.3 Å². The van der Waals surface area contributed by atoms with E-state index in [1.807, 2.05) is 30.3 Å². The summed E-state index contributed by atoms with van der Waals surface area (Å²) >= 11 is 0. The molecule has 2 nitrogen and oxygen atoms in total. The van der Waals surface area contributed by atoms with Gasteiger partial charge < -0.3 is 10.1 Å². The number of hydrogen-bond acceptors (Lipinski definition) is 2. The van der Waals surface area contributed by atoms with Crippen molar-refractivity contribution in [1.82, 2.24) is 5.32 Å². The van der Waals surface area contributed by atoms with Crippen molar-refractivity contribution in [2.45, 2.75) is 39.7 Å². The molecule has 0 saturated carbocycles. The van der Waals surface area contributed by atoms with Gasteiger partial charge in [0.05, 0.1) is 0 Å². The highest BCUT2D eigenvalue weighted by Gasteiger charge is 2.09. The van der Waals surface area contributed by atoms with Crippen molar-refractivity contribution in [1.29, 1.82) is 0 Å². The first-order valence-corrected chi connectivity index (χ1v) is 6.64. The molecular formula is C15H25NO. The maximum absolute atomic E-state index is 5.97. The number of para-hydroxylation sites is 1. The predicted octanol–water partition coefficient (Wildman–Crippen LogP) is 3.48. The zero-order valence-electron chi connectivity index (χ0n) is 11.3. The topological polar surface area (TPSA) is 21.3 Å². The third kappa shape index (κ3) is 6.32. The highest BCUT2D eigenvalue weighted by Crippen LogP contribution is 2.13. The van der Waals surface area contributed by atoms with Crippen molar-refractivity contribution < 1.29 is 4.74 Å². The lowest BCUT2D eigenvalue weighted by Crippen LogP contribution is -2.33. The van der Waals surface area contributed by atoms with Gasteiger partial charge in [0.25, 0.3) is 0 Å². The fourth-order valence-electron chi connectivity index (χ4n) is 1.75. The summed E-state index contributed by atoms with van der Waals surface area (Å²) in [5.74, 6) is 1.66. The smallest absolute Gasteiger partial charge is 0.119 e. The Kier molecular flexibility index (Phi) is 6.71. The summed E-state index contributed by atoms with van der Waals surface area (Å²) in [4.78, 5) is 0. The molecule has 0 saturated heterocycles. The predicted molar refractivity (Wildman–Crippen MR) is 73.5 cm³/mol. The van der Waals surface area contributed by atoms with E-state index in [1.165, 1.54) is 0 Å². The second-order valence-corrected chi connectivity index (χ2v) is 4.89. The van der Waals surface area contributed by atoms with Crippen molar-refractivity contribution in [2.24, 2.45) is 5.92 Å². The van der Waals surface area contributed by atoms with E-state index >= 15 is 0 Å². The Hall–Kier alpha value is -1.02. The molecule has 1 aromatic rings. The first kappa shape index (κ1) is 14.0. The minimum atomic E-state index is 0.279. The van der Waals surface area contributed by atoms with Crippen LogP contribution in [0.15, 0.2) is 30.3 Å². The van der Waals surface area contributed by atoms with Crippen LogP contribution in [0.4, 0.5) is 0 Å². The summed E-state index contributed by atoms with van der Waals surface area (Å²) in [5.41, 5.74) is 0. The Morgan fingerprint density at radius 2 is 1.82 bits per heavy atom. The van der Waals surface area contributed by atoms with Gasteiger partial charge in [-0.05, 0) is 31.0 Å². The summed E-state index contributed by atoms with van der Waals surface area (Å²) in [6.45, 7) is 8.63. The van der Waals surface area contributed by atoms with Crippen LogP contribution in [0.2, 0.25) is 0 Å². The van der Waals surface area contributed by atoms with E-state index in [0.29, 0.717) is 5.92 Å². The largest absolute Gasteiger partial charge is 0.489 e. The Morgan fingerprint density at radius 3 is 2.41 bits per heavy atom. The second-order valence-electron chi connectivity index (χ2n) is 4.89. The standard InChI is InChI=1S/C15H25NO/c1-4-8-15(12-16-11-13(2)3)17-14-9-6-5-7-10-14/h5-7,9-10,13,15-16H,4,8,11-12H2,1-3H3. The molecule has 1 N–H and O–H groups in total. The van der Waals surface area contributed by atoms with Crippen LogP contribution in [0.25, 0.3) is 0 Å². The first-order valence-electron chi connectivity index (χ1n) is 6.64. The maximum atomic E-state index is 5.97. The Labute approximate surface area is 105 Å². The molecule has 1 aromatic carbocycles. The molecule has 0 aromatic heterocycles. The maximum Gasteiger partial charge on any atom is 0.119 e. The molecule has 1 unspecified atom stereocenters. The van der Waals surface area contributed by atoms with Crippen molar-refractivity contribution in [3.8, 4) is 5.75 Å². The molecule has 0 fully saturated rings. The molecule has 0 aliphatic carbocycles. The van der Waals surface area contributed by atoms with E-state index in [2.05, 4.69) is 26.1 Å². The van der Waals surface area contributed by atoms with E-state index in [9.17, 15) is 0 Å². The molecule has 96 valence electrons. The van der Waals surface area contributed by atoms with Gasteiger partial charge in [0.1, 0.15) is 11.9 Å². The lowest BCUT2D eigenvalue weighted by molar-refractivity contribution is 0.185. The van der Waals surface area contributed by atoms with E-state index in [-0.39, 0.29) is 6.10 Å². The fraction of sp³-hybridized carbons (Fsp3) is 0.600. The van der Waals surface area contributed by atoms with Gasteiger partial charge in [-0.25, -0.2) is 0 Å². The Morgan fingerprint density at radius 1 is 1.12 bits per heavy atom. The average Bonchev–Trinajstić information content (AvgIpc) is 2.30. The monoisotopic (exact) mass is 235 g/mol. The molecule has 1 atom stereocenters. The van der Waals surface area contributed by atoms with Gasteiger partial charge in [-0.15, -0.1) is 0 Å². The van der Waals surface area contributed by atoms with Crippen molar-refractivity contribution in [2.75, 3.05) is 13.1 Å². The number of ether oxygens (including phenoxy) is 1. The third-order valence-corrected chi connectivity index (χ3v) is 2.58. The summed E-state index contributed by atoms with van der Waals surface area (Å²) in [7, 11) is 0. The molecule has 0 bridgehead atoms. The zero-order valence-corrected chi connectivity index (χ0v) is 11.3. The van der Waals surface area contributed by atoms with Crippen LogP contribution in [0.3, 0.4) is 0 Å². The SMILES string of the molecule is CCCC(CNCC(C)C)Oc1ccccc1. The zero-order chi connectivity index (χ0) is 12.5. The molecule has 0 amide bonds. The van der Waals surface area contributed by atoms with E-state index in [0.717, 1.165) is 31.7 Å². The molecule has 0 spiro atoms. The Balaban J connectivity index is 2.37. The second kappa shape index (κ2) is 8.13. The van der Waals surface area contributed by atoms with Gasteiger partial charge in [0, 0.05) is 6.54 Å². The third-order valence-electron chi connectivity index (χ3n) is 2.58. The van der Waals surface area contributed by atoms with E-state index < -0.39 is 0 Å². The molecule has 0 aliphatic heterocycles. The minimum Gasteiger partial charge on any atom is -0.489 e. The van der Waals surface area contributed by atoms with Crippen LogP contribution in [0.5, 0.6) is 5.75 Å². The number of nitrogens with one attached hydrogen (secondary N) is 1. The molecule has 0 heterocycles. The molecule has 2 heteroatoms. The van der Waals surface area contributed by atoms with Gasteiger partial charge in [-0.2, -0.15) is 0 Å². The normalized spacial score (nSPS) is 12.7. The highest BCUT2D eigenvalue weighted by molar-refractivity contribution is 5.21. The lowest BCUT2D eigenvalue weighted by atomic mass is 10.2. The first-order chi connectivity index (χ1) is 8.22. The molecule has 0 aliphatic rings. The molecule has 17 heavy (non-hydrogen) atoms. The van der Waals surface area contributed by atoms with Gasteiger partial charge in [-0.3, -0.25) is 0 Å². The van der Waals surface area contributed by atoms with Crippen LogP contribution in [0, 0.1) is 5.92 Å². The van der Waals surface area contributed by atoms with Crippen LogP contribution < -0.4 is 10.1 Å². The van der Waals surface area contributed by atoms with Crippen molar-refractivity contribution in [3.63, 3.8) is 0 Å². The number of hydrogen-bond donors (Lipinski definition) is 1. The van der Waals surface area contributed by atoms with Gasteiger partial charge in [0.15, 0.2) is 0 Å². The summed E-state index contributed by atoms with van der Waals surface area (Å²) in [6, 6.07) is 10.1. The van der Waals surface area contributed by atoms with Crippen LogP contribution >= 0.6 is 0 Å². The average molecular weight is 235 g/mol. The van der Waals surface area contributed by atoms with Gasteiger partial charge in [-0.1, -0.05) is 45.4 Å². The number of rotatable bonds is 8. The lowest BCUT2D eigenvalue weighted by Gasteiger charge is -2.19. The van der Waals surface area contributed by atoms with E-state index in [4.69, 9.17) is 4.74 Å². The summed E-state index contributed by atoms with van der Waals surface area (Å²) in [6.07, 6.45) is 2.53. The summed E-state index contributed by atoms with van der Waals surface area (Å²) in [5, 5.41) is 3.46. The number of benzene rings is 1. The van der Waals surface area contributed by atoms with Crippen molar-refractivity contribution >= 4 is 0 Å². The highest BCUT2D eigenvalue weighted by atomic mass is 16.5. The van der Waals surface area contributed by atoms with Crippen LogP contribution in [-0.4, -0.2) is 19.2 Å². The molecule has 1 rings (SSSR count). The van der Waals surface area contributed by atoms with E-state index in [1.54, 1.807) is 0 Å². The van der Waals surface area contributed by atoms with Crippen LogP contribution in [-0.2, 0) is 0 Å². The quantitative estimate of drug-likeness (QED) is 0.745. The Bertz CT molecular complexity index is 284. The minimum absolute atomic E-state index is 0.279.